The van der Waals surface area contributed by atoms with Gasteiger partial charge in [0.1, 0.15) is 0 Å². The van der Waals surface area contributed by atoms with Gasteiger partial charge in [-0.25, -0.2) is 9.48 Å². The zero-order chi connectivity index (χ0) is 14.0. The molecule has 8 heteroatoms. The van der Waals surface area contributed by atoms with Gasteiger partial charge >= 0.3 is 6.16 Å². The van der Waals surface area contributed by atoms with Gasteiger partial charge in [-0.1, -0.05) is 23.2 Å². The fourth-order valence-electron chi connectivity index (χ4n) is 1.40. The lowest BCUT2D eigenvalue weighted by atomic mass is 10.3. The molecule has 0 radical (unpaired) electrons. The van der Waals surface area contributed by atoms with Gasteiger partial charge < -0.3 is 15.2 Å². The molecule has 0 aliphatic carbocycles. The second kappa shape index (κ2) is 5.38. The molecule has 19 heavy (non-hydrogen) atoms. The minimum atomic E-state index is -0.881. The van der Waals surface area contributed by atoms with Crippen LogP contribution in [0.2, 0.25) is 10.0 Å². The largest absolute Gasteiger partial charge is 0.513 e. The maximum absolute atomic E-state index is 11.0. The number of methoxy groups -OCH3 is 1. The Morgan fingerprint density at radius 2 is 2.16 bits per heavy atom. The minimum absolute atomic E-state index is 0.0814. The highest BCUT2D eigenvalue weighted by atomic mass is 35.5. The maximum Gasteiger partial charge on any atom is 0.513 e. The van der Waals surface area contributed by atoms with Gasteiger partial charge in [0.05, 0.1) is 24.0 Å². The molecule has 2 rings (SSSR count). The Kier molecular flexibility index (Phi) is 3.82. The second-order valence-corrected chi connectivity index (χ2v) is 4.30. The number of carbonyl (C=O) groups is 1. The predicted molar refractivity (Wildman–Crippen MR) is 71.0 cm³/mol. The zero-order valence-electron chi connectivity index (χ0n) is 9.76. The van der Waals surface area contributed by atoms with Gasteiger partial charge in [-0.2, -0.15) is 5.10 Å². The number of halogens is 2. The van der Waals surface area contributed by atoms with E-state index >= 15 is 0 Å². The minimum Gasteiger partial charge on any atom is -0.437 e. The molecule has 0 aliphatic heterocycles. The van der Waals surface area contributed by atoms with Crippen LogP contribution in [-0.4, -0.2) is 23.0 Å². The highest BCUT2D eigenvalue weighted by molar-refractivity contribution is 6.35. The molecule has 6 nitrogen and oxygen atoms in total. The Hall–Kier alpha value is -1.92. The Morgan fingerprint density at radius 3 is 2.79 bits per heavy atom. The van der Waals surface area contributed by atoms with Crippen molar-refractivity contribution in [2.45, 2.75) is 0 Å². The number of anilines is 1. The number of benzene rings is 1. The molecule has 1 heterocycles. The molecule has 0 atom stereocenters. The van der Waals surface area contributed by atoms with E-state index < -0.39 is 6.16 Å². The highest BCUT2D eigenvalue weighted by Crippen LogP contribution is 2.29. The van der Waals surface area contributed by atoms with E-state index in [2.05, 4.69) is 9.84 Å². The van der Waals surface area contributed by atoms with Gasteiger partial charge in [0.2, 0.25) is 0 Å². The van der Waals surface area contributed by atoms with E-state index in [4.69, 9.17) is 33.7 Å². The molecule has 2 N–H and O–H groups in total. The number of nitrogens with two attached hydrogens (primary N) is 1. The third-order valence-electron chi connectivity index (χ3n) is 2.27. The van der Waals surface area contributed by atoms with Crippen molar-refractivity contribution >= 4 is 35.2 Å². The number of carbonyl (C=O) groups excluding carboxylic acids is 1. The average molecular weight is 302 g/mol. The van der Waals surface area contributed by atoms with Crippen LogP contribution in [0.4, 0.5) is 10.6 Å². The van der Waals surface area contributed by atoms with Crippen molar-refractivity contribution < 1.29 is 14.3 Å². The molecule has 1 aromatic carbocycles. The van der Waals surface area contributed by atoms with Crippen LogP contribution in [0.25, 0.3) is 5.69 Å². The van der Waals surface area contributed by atoms with E-state index in [1.165, 1.54) is 18.0 Å². The molecule has 0 amide bonds. The average Bonchev–Trinajstić information content (AvgIpc) is 2.71. The van der Waals surface area contributed by atoms with Crippen molar-refractivity contribution in [3.63, 3.8) is 0 Å². The van der Waals surface area contributed by atoms with Crippen LogP contribution < -0.4 is 10.5 Å². The second-order valence-electron chi connectivity index (χ2n) is 3.46. The predicted octanol–water partition coefficient (Wildman–Crippen LogP) is 2.91. The van der Waals surface area contributed by atoms with E-state index in [1.807, 2.05) is 0 Å². The van der Waals surface area contributed by atoms with Gasteiger partial charge in [-0.15, -0.1) is 0 Å². The van der Waals surface area contributed by atoms with Crippen LogP contribution in [0.1, 0.15) is 0 Å². The van der Waals surface area contributed by atoms with E-state index in [9.17, 15) is 4.79 Å². The third kappa shape index (κ3) is 2.74. The summed E-state index contributed by atoms with van der Waals surface area (Å²) in [6.45, 7) is 0. The number of aromatic nitrogens is 2. The topological polar surface area (TPSA) is 79.4 Å². The van der Waals surface area contributed by atoms with Crippen LogP contribution in [0.15, 0.2) is 24.4 Å². The molecule has 0 fully saturated rings. The molecular formula is C11H9Cl2N3O3. The molecule has 0 spiro atoms. The van der Waals surface area contributed by atoms with Crippen molar-refractivity contribution in [1.82, 2.24) is 9.78 Å². The molecule has 2 aromatic rings. The van der Waals surface area contributed by atoms with Crippen molar-refractivity contribution in [3.8, 4) is 11.4 Å². The number of rotatable bonds is 2. The molecule has 0 saturated carbocycles. The van der Waals surface area contributed by atoms with Crippen LogP contribution in [0.5, 0.6) is 5.75 Å². The molecule has 0 aliphatic rings. The first kappa shape index (κ1) is 13.5. The fraction of sp³-hybridized carbons (Fsp3) is 0.0909. The normalized spacial score (nSPS) is 10.3. The molecule has 0 saturated heterocycles. The van der Waals surface area contributed by atoms with E-state index in [0.29, 0.717) is 15.7 Å². The highest BCUT2D eigenvalue weighted by Gasteiger charge is 2.15. The molecule has 0 bridgehead atoms. The van der Waals surface area contributed by atoms with Crippen molar-refractivity contribution in [2.24, 2.45) is 0 Å². The van der Waals surface area contributed by atoms with Crippen LogP contribution in [0, 0.1) is 0 Å². The summed E-state index contributed by atoms with van der Waals surface area (Å²) in [6, 6.07) is 4.85. The van der Waals surface area contributed by atoms with Crippen LogP contribution in [-0.2, 0) is 4.74 Å². The number of hydrogen-bond acceptors (Lipinski definition) is 5. The first-order valence-electron chi connectivity index (χ1n) is 5.07. The number of nitrogens with zero attached hydrogens (tertiary/aromatic N) is 2. The van der Waals surface area contributed by atoms with Crippen LogP contribution >= 0.6 is 23.2 Å². The lowest BCUT2D eigenvalue weighted by Gasteiger charge is -2.07. The van der Waals surface area contributed by atoms with Gasteiger partial charge in [0.15, 0.2) is 11.6 Å². The number of nitrogen functional groups attached to an aromatic ring is 1. The van der Waals surface area contributed by atoms with E-state index in [-0.39, 0.29) is 11.6 Å². The lowest BCUT2D eigenvalue weighted by Crippen LogP contribution is -2.09. The Balaban J connectivity index is 2.38. The zero-order valence-corrected chi connectivity index (χ0v) is 11.3. The fourth-order valence-corrected chi connectivity index (χ4v) is 1.89. The van der Waals surface area contributed by atoms with Gasteiger partial charge in [0.25, 0.3) is 0 Å². The summed E-state index contributed by atoms with van der Waals surface area (Å²) < 4.78 is 10.5. The summed E-state index contributed by atoms with van der Waals surface area (Å²) in [5.41, 5.74) is 6.34. The summed E-state index contributed by atoms with van der Waals surface area (Å²) >= 11 is 11.9. The monoisotopic (exact) mass is 301 g/mol. The van der Waals surface area contributed by atoms with E-state index in [0.717, 1.165) is 0 Å². The van der Waals surface area contributed by atoms with Gasteiger partial charge in [-0.05, 0) is 18.2 Å². The van der Waals surface area contributed by atoms with Crippen molar-refractivity contribution in [2.75, 3.05) is 12.8 Å². The number of ether oxygens (including phenoxy) is 2. The van der Waals surface area contributed by atoms with E-state index in [1.54, 1.807) is 18.2 Å². The van der Waals surface area contributed by atoms with Gasteiger partial charge in [-0.3, -0.25) is 0 Å². The Labute approximate surface area is 118 Å². The maximum atomic E-state index is 11.0. The smallest absolute Gasteiger partial charge is 0.437 e. The SMILES string of the molecule is COC(=O)Oc1cnn(-c2ccc(Cl)cc2Cl)c1N. The summed E-state index contributed by atoms with van der Waals surface area (Å²) in [6.07, 6.45) is 0.408. The van der Waals surface area contributed by atoms with Crippen molar-refractivity contribution in [1.29, 1.82) is 0 Å². The lowest BCUT2D eigenvalue weighted by molar-refractivity contribution is 0.121. The molecule has 0 unspecified atom stereocenters. The first-order valence-corrected chi connectivity index (χ1v) is 5.83. The van der Waals surface area contributed by atoms with Crippen molar-refractivity contribution in [3.05, 3.63) is 34.4 Å². The summed E-state index contributed by atoms with van der Waals surface area (Å²) in [7, 11) is 1.19. The summed E-state index contributed by atoms with van der Waals surface area (Å²) in [4.78, 5) is 11.0. The molecule has 100 valence electrons. The molecular weight excluding hydrogens is 293 g/mol. The Bertz CT molecular complexity index is 628. The summed E-state index contributed by atoms with van der Waals surface area (Å²) in [5.74, 6) is 0.201. The first-order chi connectivity index (χ1) is 9.02. The Morgan fingerprint density at radius 1 is 1.42 bits per heavy atom. The quantitative estimate of drug-likeness (QED) is 0.863. The van der Waals surface area contributed by atoms with Crippen LogP contribution in [0.3, 0.4) is 0 Å². The summed E-state index contributed by atoms with van der Waals surface area (Å²) in [5, 5.41) is 4.85. The standard InChI is InChI=1S/C11H9Cl2N3O3/c1-18-11(17)19-9-5-15-16(10(9)14)8-3-2-6(12)4-7(8)13/h2-5H,14H2,1H3. The number of hydrogen-bond donors (Lipinski definition) is 1. The molecule has 1 aromatic heterocycles. The third-order valence-corrected chi connectivity index (χ3v) is 2.81. The van der Waals surface area contributed by atoms with Gasteiger partial charge in [0, 0.05) is 5.02 Å².